The van der Waals surface area contributed by atoms with Crippen molar-refractivity contribution in [3.63, 3.8) is 0 Å². The number of rotatable bonds is 4. The van der Waals surface area contributed by atoms with Gasteiger partial charge >= 0.3 is 0 Å². The van der Waals surface area contributed by atoms with Crippen LogP contribution >= 0.6 is 23.2 Å². The van der Waals surface area contributed by atoms with Crippen molar-refractivity contribution >= 4 is 35.8 Å². The van der Waals surface area contributed by atoms with Crippen molar-refractivity contribution in [3.05, 3.63) is 21.8 Å². The molecule has 1 fully saturated rings. The zero-order valence-electron chi connectivity index (χ0n) is 11.3. The van der Waals surface area contributed by atoms with Crippen molar-refractivity contribution in [2.24, 2.45) is 4.99 Å². The van der Waals surface area contributed by atoms with Crippen LogP contribution in [0.4, 0.5) is 0 Å². The molecule has 0 radical (unpaired) electrons. The number of aliphatic imine (C=N–C) groups is 1. The van der Waals surface area contributed by atoms with E-state index < -0.39 is 0 Å². The molecule has 1 rings (SSSR count). The van der Waals surface area contributed by atoms with Gasteiger partial charge in [-0.15, -0.1) is 0 Å². The smallest absolute Gasteiger partial charge is 0.219 e. The molecule has 1 heterocycles. The Kier molecular flexibility index (Phi) is 6.38. The van der Waals surface area contributed by atoms with Crippen LogP contribution in [0.2, 0.25) is 0 Å². The molecule has 19 heavy (non-hydrogen) atoms. The van der Waals surface area contributed by atoms with E-state index in [0.717, 1.165) is 18.8 Å². The highest BCUT2D eigenvalue weighted by Gasteiger charge is 2.22. The lowest BCUT2D eigenvalue weighted by molar-refractivity contribution is -0.130. The van der Waals surface area contributed by atoms with Gasteiger partial charge in [0.15, 0.2) is 0 Å². The molecular formula is C13H19Cl2N3O. The monoisotopic (exact) mass is 303 g/mol. The van der Waals surface area contributed by atoms with Crippen LogP contribution in [0.15, 0.2) is 26.8 Å². The molecule has 1 aliphatic rings. The van der Waals surface area contributed by atoms with Crippen molar-refractivity contribution < 1.29 is 4.79 Å². The first-order chi connectivity index (χ1) is 8.97. The molecule has 0 bridgehead atoms. The molecular weight excluding hydrogens is 285 g/mol. The number of piperazine rings is 1. The summed E-state index contributed by atoms with van der Waals surface area (Å²) in [6.45, 7) is 10.1. The number of amides is 1. The zero-order chi connectivity index (χ0) is 14.4. The van der Waals surface area contributed by atoms with E-state index in [1.807, 2.05) is 11.8 Å². The highest BCUT2D eigenvalue weighted by atomic mass is 35.5. The average Bonchev–Trinajstić information content (AvgIpc) is 2.36. The summed E-state index contributed by atoms with van der Waals surface area (Å²) >= 11 is 12.4. The summed E-state index contributed by atoms with van der Waals surface area (Å²) in [7, 11) is 0. The summed E-state index contributed by atoms with van der Waals surface area (Å²) in [6.07, 6.45) is 1.78. The summed E-state index contributed by atoms with van der Waals surface area (Å²) in [5.41, 5.74) is 0.815. The number of hydrogen-bond acceptors (Lipinski definition) is 3. The molecule has 4 nitrogen and oxygen atoms in total. The molecule has 106 valence electrons. The van der Waals surface area contributed by atoms with Crippen LogP contribution in [0.1, 0.15) is 13.8 Å². The van der Waals surface area contributed by atoms with E-state index >= 15 is 0 Å². The SMILES string of the molecule is C=NC/C=C(Cl)\C(=C(/C)Cl)N1CCN(C(C)=O)CC1. The fourth-order valence-electron chi connectivity index (χ4n) is 2.02. The number of halogens is 2. The molecule has 0 spiro atoms. The van der Waals surface area contributed by atoms with Gasteiger partial charge in [-0.2, -0.15) is 0 Å². The Bertz CT molecular complexity index is 406. The predicted molar refractivity (Wildman–Crippen MR) is 80.7 cm³/mol. The van der Waals surface area contributed by atoms with Gasteiger partial charge in [-0.25, -0.2) is 0 Å². The second-order valence-corrected chi connectivity index (χ2v) is 5.31. The summed E-state index contributed by atoms with van der Waals surface area (Å²) in [5.74, 6) is 0.102. The molecule has 0 saturated carbocycles. The molecule has 1 aliphatic heterocycles. The number of carbonyl (C=O) groups excluding carboxylic acids is 1. The molecule has 0 aromatic carbocycles. The molecule has 0 aromatic rings. The van der Waals surface area contributed by atoms with Gasteiger partial charge in [0.1, 0.15) is 0 Å². The number of hydrogen-bond donors (Lipinski definition) is 0. The van der Waals surface area contributed by atoms with E-state index in [2.05, 4.69) is 16.6 Å². The van der Waals surface area contributed by atoms with Crippen LogP contribution in [-0.2, 0) is 4.79 Å². The standard InChI is InChI=1S/C13H19Cl2N3O/c1-10(14)13(12(15)4-5-16-3)18-8-6-17(7-9-18)11(2)19/h4H,3,5-9H2,1-2H3/b12-4+,13-10-. The normalized spacial score (nSPS) is 18.2. The Hall–Kier alpha value is -1.00. The summed E-state index contributed by atoms with van der Waals surface area (Å²) in [5, 5.41) is 1.22. The van der Waals surface area contributed by atoms with Gasteiger partial charge in [-0.05, 0) is 19.7 Å². The Morgan fingerprint density at radius 3 is 2.16 bits per heavy atom. The number of nitrogens with zero attached hydrogens (tertiary/aromatic N) is 3. The Morgan fingerprint density at radius 1 is 1.21 bits per heavy atom. The van der Waals surface area contributed by atoms with E-state index in [0.29, 0.717) is 29.7 Å². The van der Waals surface area contributed by atoms with E-state index in [4.69, 9.17) is 23.2 Å². The molecule has 0 aromatic heterocycles. The third-order valence-corrected chi connectivity index (χ3v) is 3.51. The minimum absolute atomic E-state index is 0.102. The Morgan fingerprint density at radius 2 is 1.74 bits per heavy atom. The largest absolute Gasteiger partial charge is 0.366 e. The molecule has 1 saturated heterocycles. The summed E-state index contributed by atoms with van der Waals surface area (Å²) in [6, 6.07) is 0. The van der Waals surface area contributed by atoms with E-state index in [-0.39, 0.29) is 5.91 Å². The van der Waals surface area contributed by atoms with Crippen molar-refractivity contribution in [1.29, 1.82) is 0 Å². The topological polar surface area (TPSA) is 35.9 Å². The quantitative estimate of drug-likeness (QED) is 0.591. The van der Waals surface area contributed by atoms with Crippen molar-refractivity contribution in [1.82, 2.24) is 9.80 Å². The molecule has 1 amide bonds. The van der Waals surface area contributed by atoms with Crippen molar-refractivity contribution in [3.8, 4) is 0 Å². The highest BCUT2D eigenvalue weighted by Crippen LogP contribution is 2.26. The molecule has 0 N–H and O–H groups in total. The second kappa shape index (κ2) is 7.56. The maximum absolute atomic E-state index is 11.3. The number of carbonyl (C=O) groups is 1. The fourth-order valence-corrected chi connectivity index (χ4v) is 2.62. The molecule has 0 atom stereocenters. The van der Waals surface area contributed by atoms with Crippen LogP contribution < -0.4 is 0 Å². The third-order valence-electron chi connectivity index (χ3n) is 2.99. The summed E-state index contributed by atoms with van der Waals surface area (Å²) < 4.78 is 0. The lowest BCUT2D eigenvalue weighted by atomic mass is 10.2. The van der Waals surface area contributed by atoms with Crippen LogP contribution in [0.3, 0.4) is 0 Å². The highest BCUT2D eigenvalue weighted by molar-refractivity contribution is 6.35. The van der Waals surface area contributed by atoms with Crippen molar-refractivity contribution in [2.45, 2.75) is 13.8 Å². The molecule has 0 unspecified atom stereocenters. The van der Waals surface area contributed by atoms with E-state index in [9.17, 15) is 4.79 Å². The van der Waals surface area contributed by atoms with Crippen LogP contribution in [-0.4, -0.2) is 55.1 Å². The maximum Gasteiger partial charge on any atom is 0.219 e. The Labute approximate surface area is 124 Å². The van der Waals surface area contributed by atoms with Gasteiger partial charge < -0.3 is 9.80 Å². The van der Waals surface area contributed by atoms with Crippen molar-refractivity contribution in [2.75, 3.05) is 32.7 Å². The minimum atomic E-state index is 0.102. The van der Waals surface area contributed by atoms with Gasteiger partial charge in [0.2, 0.25) is 5.91 Å². The van der Waals surface area contributed by atoms with Gasteiger partial charge in [0.25, 0.3) is 0 Å². The lowest BCUT2D eigenvalue weighted by Crippen LogP contribution is -2.47. The number of allylic oxidation sites excluding steroid dienone is 2. The zero-order valence-corrected chi connectivity index (χ0v) is 12.8. The van der Waals surface area contributed by atoms with Crippen LogP contribution in [0.25, 0.3) is 0 Å². The first kappa shape index (κ1) is 16.1. The fraction of sp³-hybridized carbons (Fsp3) is 0.538. The van der Waals surface area contributed by atoms with E-state index in [1.54, 1.807) is 13.0 Å². The first-order valence-electron chi connectivity index (χ1n) is 6.12. The average molecular weight is 304 g/mol. The van der Waals surface area contributed by atoms with Crippen LogP contribution in [0.5, 0.6) is 0 Å². The first-order valence-corrected chi connectivity index (χ1v) is 6.88. The lowest BCUT2D eigenvalue weighted by Gasteiger charge is -2.37. The third kappa shape index (κ3) is 4.55. The Balaban J connectivity index is 2.79. The van der Waals surface area contributed by atoms with Crippen LogP contribution in [0, 0.1) is 0 Å². The molecule has 0 aliphatic carbocycles. The van der Waals surface area contributed by atoms with E-state index in [1.165, 1.54) is 0 Å². The predicted octanol–water partition coefficient (Wildman–Crippen LogP) is 2.44. The molecule has 6 heteroatoms. The van der Waals surface area contributed by atoms with Gasteiger partial charge in [-0.3, -0.25) is 9.79 Å². The van der Waals surface area contributed by atoms with Gasteiger partial charge in [0.05, 0.1) is 17.3 Å². The van der Waals surface area contributed by atoms with Gasteiger partial charge in [-0.1, -0.05) is 23.2 Å². The second-order valence-electron chi connectivity index (χ2n) is 4.33. The summed E-state index contributed by atoms with van der Waals surface area (Å²) in [4.78, 5) is 19.0. The van der Waals surface area contributed by atoms with Gasteiger partial charge in [0, 0.05) is 38.1 Å². The maximum atomic E-state index is 11.3. The minimum Gasteiger partial charge on any atom is -0.366 e.